The predicted octanol–water partition coefficient (Wildman–Crippen LogP) is 1.18. The van der Waals surface area contributed by atoms with E-state index in [-0.39, 0.29) is 18.5 Å². The number of nitrogens with zero attached hydrogens (tertiary/aromatic N) is 2. The predicted molar refractivity (Wildman–Crippen MR) is 54.1 cm³/mol. The molecule has 0 saturated carbocycles. The zero-order valence-electron chi connectivity index (χ0n) is 8.85. The second-order valence-electron chi connectivity index (χ2n) is 4.01. The van der Waals surface area contributed by atoms with E-state index in [0.717, 1.165) is 6.42 Å². The van der Waals surface area contributed by atoms with Crippen molar-refractivity contribution in [1.29, 1.82) is 0 Å². The molecule has 1 aliphatic heterocycles. The molecule has 1 saturated heterocycles. The maximum Gasteiger partial charge on any atom is 0.256 e. The van der Waals surface area contributed by atoms with E-state index in [2.05, 4.69) is 4.98 Å². The Balaban J connectivity index is 2.09. The van der Waals surface area contributed by atoms with Gasteiger partial charge in [0.1, 0.15) is 0 Å². The molecule has 6 heteroatoms. The fraction of sp³-hybridized carbons (Fsp3) is 0.700. The lowest BCUT2D eigenvalue weighted by Gasteiger charge is -2.19. The third-order valence-electron chi connectivity index (χ3n) is 2.89. The molecule has 4 nitrogen and oxygen atoms in total. The van der Waals surface area contributed by atoms with Crippen molar-refractivity contribution in [1.82, 2.24) is 9.55 Å². The van der Waals surface area contributed by atoms with Gasteiger partial charge in [0.05, 0.1) is 31.2 Å². The van der Waals surface area contributed by atoms with Gasteiger partial charge in [0.15, 0.2) is 0 Å². The first-order chi connectivity index (χ1) is 7.68. The van der Waals surface area contributed by atoms with Crippen molar-refractivity contribution < 1.29 is 13.5 Å². The molecule has 1 fully saturated rings. The van der Waals surface area contributed by atoms with Crippen LogP contribution >= 0.6 is 0 Å². The summed E-state index contributed by atoms with van der Waals surface area (Å²) in [5.74, 6) is 0.202. The minimum absolute atomic E-state index is 0.202. The molecule has 0 amide bonds. The Kier molecular flexibility index (Phi) is 3.50. The van der Waals surface area contributed by atoms with E-state index < -0.39 is 6.43 Å². The Morgan fingerprint density at radius 2 is 2.44 bits per heavy atom. The van der Waals surface area contributed by atoms with Crippen molar-refractivity contribution in [3.8, 4) is 0 Å². The third kappa shape index (κ3) is 2.38. The van der Waals surface area contributed by atoms with Gasteiger partial charge in [-0.2, -0.15) is 0 Å². The zero-order valence-corrected chi connectivity index (χ0v) is 8.85. The number of hydrogen-bond acceptors (Lipinski definition) is 3. The highest BCUT2D eigenvalue weighted by Gasteiger charge is 2.26. The van der Waals surface area contributed by atoms with Gasteiger partial charge in [0.2, 0.25) is 0 Å². The van der Waals surface area contributed by atoms with Gasteiger partial charge in [-0.15, -0.1) is 0 Å². The Hall–Kier alpha value is -1.01. The van der Waals surface area contributed by atoms with Crippen molar-refractivity contribution in [3.05, 3.63) is 18.2 Å². The highest BCUT2D eigenvalue weighted by molar-refractivity contribution is 5.07. The van der Waals surface area contributed by atoms with Crippen LogP contribution in [0.25, 0.3) is 0 Å². The number of aromatic nitrogens is 2. The Bertz CT molecular complexity index is 337. The lowest BCUT2D eigenvalue weighted by atomic mass is 9.97. The van der Waals surface area contributed by atoms with Crippen molar-refractivity contribution in [2.45, 2.75) is 25.4 Å². The van der Waals surface area contributed by atoms with Crippen LogP contribution in [-0.2, 0) is 11.3 Å². The van der Waals surface area contributed by atoms with Gasteiger partial charge < -0.3 is 15.0 Å². The number of alkyl halides is 2. The number of hydrogen-bond donors (Lipinski definition) is 1. The Morgan fingerprint density at radius 3 is 3.06 bits per heavy atom. The van der Waals surface area contributed by atoms with E-state index in [1.54, 1.807) is 6.20 Å². The van der Waals surface area contributed by atoms with Crippen LogP contribution < -0.4 is 5.73 Å². The summed E-state index contributed by atoms with van der Waals surface area (Å²) in [6.45, 7) is 0.943. The standard InChI is InChI=1S/C10H15F2N3O/c11-9(12)4-15-6-14-3-8(15)10(13)7-1-2-16-5-7/h3,6-7,9-10H,1-2,4-5,13H2. The number of ether oxygens (including phenoxy) is 1. The van der Waals surface area contributed by atoms with Crippen molar-refractivity contribution >= 4 is 0 Å². The molecule has 0 aromatic carbocycles. The Morgan fingerprint density at radius 1 is 1.62 bits per heavy atom. The van der Waals surface area contributed by atoms with Crippen LogP contribution in [0.1, 0.15) is 18.2 Å². The normalized spacial score (nSPS) is 22.9. The van der Waals surface area contributed by atoms with E-state index in [9.17, 15) is 8.78 Å². The van der Waals surface area contributed by atoms with E-state index in [1.807, 2.05) is 0 Å². The average molecular weight is 231 g/mol. The summed E-state index contributed by atoms with van der Waals surface area (Å²) in [5, 5.41) is 0. The zero-order chi connectivity index (χ0) is 11.5. The summed E-state index contributed by atoms with van der Waals surface area (Å²) >= 11 is 0. The first-order valence-electron chi connectivity index (χ1n) is 5.30. The smallest absolute Gasteiger partial charge is 0.256 e. The Labute approximate surface area is 92.4 Å². The second-order valence-corrected chi connectivity index (χ2v) is 4.01. The molecule has 0 spiro atoms. The van der Waals surface area contributed by atoms with Gasteiger partial charge in [0.25, 0.3) is 6.43 Å². The van der Waals surface area contributed by atoms with Gasteiger partial charge >= 0.3 is 0 Å². The molecular formula is C10H15F2N3O. The summed E-state index contributed by atoms with van der Waals surface area (Å²) < 4.78 is 31.3. The molecule has 0 bridgehead atoms. The van der Waals surface area contributed by atoms with Crippen LogP contribution in [0, 0.1) is 5.92 Å². The molecule has 2 rings (SSSR count). The molecule has 90 valence electrons. The minimum Gasteiger partial charge on any atom is -0.381 e. The van der Waals surface area contributed by atoms with E-state index in [0.29, 0.717) is 18.9 Å². The molecule has 2 heterocycles. The topological polar surface area (TPSA) is 53.1 Å². The minimum atomic E-state index is -2.39. The van der Waals surface area contributed by atoms with E-state index in [4.69, 9.17) is 10.5 Å². The molecule has 2 atom stereocenters. The first-order valence-corrected chi connectivity index (χ1v) is 5.30. The molecule has 1 aromatic rings. The number of imidazole rings is 1. The number of rotatable bonds is 4. The molecule has 0 radical (unpaired) electrons. The molecule has 2 unspecified atom stereocenters. The molecular weight excluding hydrogens is 216 g/mol. The highest BCUT2D eigenvalue weighted by atomic mass is 19.3. The van der Waals surface area contributed by atoms with E-state index >= 15 is 0 Å². The summed E-state index contributed by atoms with van der Waals surface area (Å²) in [7, 11) is 0. The van der Waals surface area contributed by atoms with Crippen LogP contribution in [0.2, 0.25) is 0 Å². The van der Waals surface area contributed by atoms with Crippen molar-refractivity contribution in [2.24, 2.45) is 11.7 Å². The molecule has 0 aliphatic carbocycles. The van der Waals surface area contributed by atoms with Crippen LogP contribution in [0.15, 0.2) is 12.5 Å². The van der Waals surface area contributed by atoms with Gasteiger partial charge in [-0.25, -0.2) is 13.8 Å². The molecule has 1 aliphatic rings. The van der Waals surface area contributed by atoms with Crippen LogP contribution in [-0.4, -0.2) is 29.2 Å². The van der Waals surface area contributed by atoms with Crippen LogP contribution in [0.3, 0.4) is 0 Å². The number of halogens is 2. The summed E-state index contributed by atoms with van der Waals surface area (Å²) in [5.41, 5.74) is 6.70. The third-order valence-corrected chi connectivity index (χ3v) is 2.89. The lowest BCUT2D eigenvalue weighted by molar-refractivity contribution is 0.124. The van der Waals surface area contributed by atoms with Crippen LogP contribution in [0.5, 0.6) is 0 Å². The van der Waals surface area contributed by atoms with Gasteiger partial charge in [-0.05, 0) is 6.42 Å². The molecule has 2 N–H and O–H groups in total. The summed E-state index contributed by atoms with van der Waals surface area (Å²) in [6.07, 6.45) is 1.45. The first kappa shape index (κ1) is 11.5. The maximum absolute atomic E-state index is 12.3. The van der Waals surface area contributed by atoms with Gasteiger partial charge in [-0.1, -0.05) is 0 Å². The molecule has 16 heavy (non-hydrogen) atoms. The average Bonchev–Trinajstić information content (AvgIpc) is 2.84. The van der Waals surface area contributed by atoms with Crippen molar-refractivity contribution in [2.75, 3.05) is 13.2 Å². The van der Waals surface area contributed by atoms with Crippen LogP contribution in [0.4, 0.5) is 8.78 Å². The van der Waals surface area contributed by atoms with Gasteiger partial charge in [-0.3, -0.25) is 0 Å². The molecule has 1 aromatic heterocycles. The monoisotopic (exact) mass is 231 g/mol. The highest BCUT2D eigenvalue weighted by Crippen LogP contribution is 2.26. The quantitative estimate of drug-likeness (QED) is 0.846. The maximum atomic E-state index is 12.3. The van der Waals surface area contributed by atoms with Gasteiger partial charge in [0, 0.05) is 18.7 Å². The van der Waals surface area contributed by atoms with Crippen molar-refractivity contribution in [3.63, 3.8) is 0 Å². The fourth-order valence-electron chi connectivity index (χ4n) is 1.99. The number of nitrogens with two attached hydrogens (primary N) is 1. The SMILES string of the molecule is NC(c1cncn1CC(F)F)C1CCOC1. The summed E-state index contributed by atoms with van der Waals surface area (Å²) in [4.78, 5) is 3.88. The summed E-state index contributed by atoms with van der Waals surface area (Å²) in [6, 6.07) is -0.274. The van der Waals surface area contributed by atoms with E-state index in [1.165, 1.54) is 10.9 Å². The fourth-order valence-corrected chi connectivity index (χ4v) is 1.99. The lowest BCUT2D eigenvalue weighted by Crippen LogP contribution is -2.25. The largest absolute Gasteiger partial charge is 0.381 e. The second kappa shape index (κ2) is 4.88.